The highest BCUT2D eigenvalue weighted by Gasteiger charge is 2.17. The van der Waals surface area contributed by atoms with Gasteiger partial charge in [0.05, 0.1) is 17.0 Å². The lowest BCUT2D eigenvalue weighted by molar-refractivity contribution is -0.117. The Morgan fingerprint density at radius 2 is 1.95 bits per heavy atom. The summed E-state index contributed by atoms with van der Waals surface area (Å²) >= 11 is 0. The van der Waals surface area contributed by atoms with Crippen LogP contribution in [0.5, 0.6) is 0 Å². The number of sulfone groups is 1. The lowest BCUT2D eigenvalue weighted by atomic mass is 10.2. The lowest BCUT2D eigenvalue weighted by Crippen LogP contribution is -2.32. The van der Waals surface area contributed by atoms with E-state index < -0.39 is 21.1 Å². The van der Waals surface area contributed by atoms with Crippen LogP contribution in [0, 0.1) is 0 Å². The van der Waals surface area contributed by atoms with Crippen LogP contribution in [0.2, 0.25) is 0 Å². The lowest BCUT2D eigenvalue weighted by Gasteiger charge is -2.11. The second-order valence-electron chi connectivity index (χ2n) is 4.83. The van der Waals surface area contributed by atoms with Crippen LogP contribution in [0.15, 0.2) is 24.3 Å². The molecule has 0 saturated carbocycles. The van der Waals surface area contributed by atoms with E-state index in [1.54, 1.807) is 45.0 Å². The van der Waals surface area contributed by atoms with Crippen molar-refractivity contribution in [2.45, 2.75) is 37.8 Å². The first-order valence-electron chi connectivity index (χ1n) is 6.09. The topological polar surface area (TPSA) is 89.3 Å². The molecule has 0 saturated heterocycles. The van der Waals surface area contributed by atoms with Gasteiger partial charge in [0, 0.05) is 5.69 Å². The van der Waals surface area contributed by atoms with Crippen molar-refractivity contribution in [1.29, 1.82) is 0 Å². The summed E-state index contributed by atoms with van der Waals surface area (Å²) < 4.78 is 23.7. The normalized spacial score (nSPS) is 13.3. The first kappa shape index (κ1) is 15.7. The summed E-state index contributed by atoms with van der Waals surface area (Å²) in [6.07, 6.45) is 0. The number of amides is 1. The number of rotatable bonds is 5. The first-order valence-corrected chi connectivity index (χ1v) is 7.81. The van der Waals surface area contributed by atoms with E-state index in [4.69, 9.17) is 5.73 Å². The highest BCUT2D eigenvalue weighted by Crippen LogP contribution is 2.15. The fourth-order valence-electron chi connectivity index (χ4n) is 1.39. The zero-order chi connectivity index (χ0) is 14.6. The zero-order valence-corrected chi connectivity index (χ0v) is 12.2. The molecule has 0 aliphatic rings. The summed E-state index contributed by atoms with van der Waals surface area (Å²) in [4.78, 5) is 11.5. The molecule has 0 aliphatic heterocycles. The zero-order valence-electron chi connectivity index (χ0n) is 11.4. The molecule has 0 spiro atoms. The summed E-state index contributed by atoms with van der Waals surface area (Å²) in [5, 5.41) is 2.22. The summed E-state index contributed by atoms with van der Waals surface area (Å²) in [7, 11) is -3.15. The number of hydrogen-bond donors (Lipinski definition) is 2. The first-order chi connectivity index (χ1) is 8.72. The highest BCUT2D eigenvalue weighted by molar-refractivity contribution is 7.91. The Bertz CT molecular complexity index is 551. The molecule has 0 aliphatic carbocycles. The van der Waals surface area contributed by atoms with Gasteiger partial charge in [-0.3, -0.25) is 4.79 Å². The molecule has 0 radical (unpaired) electrons. The molecule has 1 atom stereocenters. The average Bonchev–Trinajstić information content (AvgIpc) is 2.28. The van der Waals surface area contributed by atoms with E-state index in [1.807, 2.05) is 0 Å². The maximum Gasteiger partial charge on any atom is 0.240 e. The minimum atomic E-state index is -3.15. The van der Waals surface area contributed by atoms with Gasteiger partial charge >= 0.3 is 0 Å². The van der Waals surface area contributed by atoms with Gasteiger partial charge in [-0.15, -0.1) is 0 Å². The van der Waals surface area contributed by atoms with Crippen molar-refractivity contribution in [2.75, 3.05) is 5.32 Å². The van der Waals surface area contributed by atoms with Crippen molar-refractivity contribution >= 4 is 21.4 Å². The molecule has 0 heterocycles. The van der Waals surface area contributed by atoms with Crippen LogP contribution in [0.3, 0.4) is 0 Å². The minimum Gasteiger partial charge on any atom is -0.325 e. The van der Waals surface area contributed by atoms with E-state index in [1.165, 1.54) is 0 Å². The van der Waals surface area contributed by atoms with E-state index in [9.17, 15) is 13.2 Å². The van der Waals surface area contributed by atoms with E-state index in [0.717, 1.165) is 0 Å². The van der Waals surface area contributed by atoms with Crippen molar-refractivity contribution in [1.82, 2.24) is 0 Å². The van der Waals surface area contributed by atoms with Gasteiger partial charge in [-0.1, -0.05) is 12.1 Å². The standard InChI is InChI=1S/C13H20N2O3S/c1-9(2)19(17,18)8-11-5-4-6-12(7-11)15-13(16)10(3)14/h4-7,9-10H,8,14H2,1-3H3,(H,15,16)/t10-/m0/s1. The molecule has 0 bridgehead atoms. The number of nitrogens with one attached hydrogen (secondary N) is 1. The van der Waals surface area contributed by atoms with Crippen LogP contribution in [0.25, 0.3) is 0 Å². The van der Waals surface area contributed by atoms with Crippen LogP contribution in [-0.4, -0.2) is 25.6 Å². The van der Waals surface area contributed by atoms with Gasteiger partial charge in [0.15, 0.2) is 9.84 Å². The van der Waals surface area contributed by atoms with Crippen molar-refractivity contribution in [3.05, 3.63) is 29.8 Å². The third kappa shape index (κ3) is 4.65. The van der Waals surface area contributed by atoms with Crippen molar-refractivity contribution < 1.29 is 13.2 Å². The summed E-state index contributed by atoms with van der Waals surface area (Å²) in [5.41, 5.74) is 6.66. The summed E-state index contributed by atoms with van der Waals surface area (Å²) in [6, 6.07) is 6.18. The number of carbonyl (C=O) groups excluding carboxylic acids is 1. The second-order valence-corrected chi connectivity index (χ2v) is 7.39. The SMILES string of the molecule is CC(C)S(=O)(=O)Cc1cccc(NC(=O)[C@H](C)N)c1. The molecule has 1 amide bonds. The molecule has 3 N–H and O–H groups in total. The predicted molar refractivity (Wildman–Crippen MR) is 76.5 cm³/mol. The Morgan fingerprint density at radius 1 is 1.32 bits per heavy atom. The minimum absolute atomic E-state index is 0.0352. The Balaban J connectivity index is 2.87. The molecule has 1 rings (SSSR count). The maximum absolute atomic E-state index is 11.8. The monoisotopic (exact) mass is 284 g/mol. The summed E-state index contributed by atoms with van der Waals surface area (Å²) in [6.45, 7) is 4.89. The number of carbonyl (C=O) groups is 1. The van der Waals surface area contributed by atoms with Gasteiger partial charge in [0.1, 0.15) is 0 Å². The van der Waals surface area contributed by atoms with E-state index >= 15 is 0 Å². The van der Waals surface area contributed by atoms with Crippen LogP contribution in [0.4, 0.5) is 5.69 Å². The van der Waals surface area contributed by atoms with Gasteiger partial charge in [-0.2, -0.15) is 0 Å². The van der Waals surface area contributed by atoms with E-state index in [2.05, 4.69) is 5.32 Å². The fraction of sp³-hybridized carbons (Fsp3) is 0.462. The average molecular weight is 284 g/mol. The molecule has 19 heavy (non-hydrogen) atoms. The Kier molecular flexibility index (Phi) is 5.08. The predicted octanol–water partition coefficient (Wildman–Crippen LogP) is 1.30. The number of nitrogens with two attached hydrogens (primary N) is 1. The summed E-state index contributed by atoms with van der Waals surface area (Å²) in [5.74, 6) is -0.337. The molecular formula is C13H20N2O3S. The Labute approximate surface area is 114 Å². The second kappa shape index (κ2) is 6.16. The number of hydrogen-bond acceptors (Lipinski definition) is 4. The molecule has 0 aromatic heterocycles. The molecule has 1 aromatic carbocycles. The molecule has 1 aromatic rings. The molecule has 0 unspecified atom stereocenters. The van der Waals surface area contributed by atoms with Crippen molar-refractivity contribution in [3.63, 3.8) is 0 Å². The maximum atomic E-state index is 11.8. The quantitative estimate of drug-likeness (QED) is 0.852. The number of anilines is 1. The molecular weight excluding hydrogens is 264 g/mol. The highest BCUT2D eigenvalue weighted by atomic mass is 32.2. The van der Waals surface area contributed by atoms with E-state index in [0.29, 0.717) is 11.3 Å². The Hall–Kier alpha value is -1.40. The van der Waals surface area contributed by atoms with E-state index in [-0.39, 0.29) is 11.7 Å². The van der Waals surface area contributed by atoms with Crippen LogP contribution in [0.1, 0.15) is 26.3 Å². The third-order valence-corrected chi connectivity index (χ3v) is 4.87. The molecule has 106 valence electrons. The third-order valence-electron chi connectivity index (χ3n) is 2.69. The van der Waals surface area contributed by atoms with Gasteiger partial charge in [-0.05, 0) is 38.5 Å². The van der Waals surface area contributed by atoms with Gasteiger partial charge in [-0.25, -0.2) is 8.42 Å². The van der Waals surface area contributed by atoms with Gasteiger partial charge in [0.2, 0.25) is 5.91 Å². The molecule has 5 nitrogen and oxygen atoms in total. The van der Waals surface area contributed by atoms with Crippen LogP contribution < -0.4 is 11.1 Å². The largest absolute Gasteiger partial charge is 0.325 e. The number of benzene rings is 1. The fourth-order valence-corrected chi connectivity index (χ4v) is 2.37. The van der Waals surface area contributed by atoms with Gasteiger partial charge < -0.3 is 11.1 Å². The molecule has 6 heteroatoms. The smallest absolute Gasteiger partial charge is 0.240 e. The molecule has 0 fully saturated rings. The van der Waals surface area contributed by atoms with Gasteiger partial charge in [0.25, 0.3) is 0 Å². The Morgan fingerprint density at radius 3 is 2.47 bits per heavy atom. The van der Waals surface area contributed by atoms with Crippen LogP contribution in [-0.2, 0) is 20.4 Å². The van der Waals surface area contributed by atoms with Crippen molar-refractivity contribution in [3.8, 4) is 0 Å². The van der Waals surface area contributed by atoms with Crippen molar-refractivity contribution in [2.24, 2.45) is 5.73 Å². The van der Waals surface area contributed by atoms with Crippen LogP contribution >= 0.6 is 0 Å².